The highest BCUT2D eigenvalue weighted by Crippen LogP contribution is 2.44. The zero-order valence-corrected chi connectivity index (χ0v) is 20.1. The molecule has 6 aromatic carbocycles. The summed E-state index contributed by atoms with van der Waals surface area (Å²) in [4.78, 5) is 4.88. The smallest absolute Gasteiger partial charge is 0.0703 e. The summed E-state index contributed by atoms with van der Waals surface area (Å²) in [5.41, 5.74) is 5.59. The van der Waals surface area contributed by atoms with Crippen molar-refractivity contribution in [1.29, 1.82) is 0 Å². The SMILES string of the molecule is c1ccc(-c2ccc(-n3c4ccccc4c4c5ccc6ccccc6c5c5ccccc5c43)cn2)cc1. The van der Waals surface area contributed by atoms with Gasteiger partial charge >= 0.3 is 0 Å². The lowest BCUT2D eigenvalue weighted by atomic mass is 9.93. The topological polar surface area (TPSA) is 17.8 Å². The average molecular weight is 471 g/mol. The molecule has 2 aromatic heterocycles. The van der Waals surface area contributed by atoms with Gasteiger partial charge in [0, 0.05) is 21.7 Å². The van der Waals surface area contributed by atoms with Crippen molar-refractivity contribution >= 4 is 54.1 Å². The van der Waals surface area contributed by atoms with Crippen LogP contribution in [0.5, 0.6) is 0 Å². The molecule has 0 saturated carbocycles. The molecule has 0 aliphatic rings. The third-order valence-corrected chi connectivity index (χ3v) is 7.60. The van der Waals surface area contributed by atoms with E-state index < -0.39 is 0 Å². The Hall–Kier alpha value is -4.95. The molecule has 0 saturated heterocycles. The van der Waals surface area contributed by atoms with E-state index in [9.17, 15) is 0 Å². The molecule has 2 heteroatoms. The van der Waals surface area contributed by atoms with Gasteiger partial charge in [-0.2, -0.15) is 0 Å². The Morgan fingerprint density at radius 1 is 0.459 bits per heavy atom. The number of hydrogen-bond donors (Lipinski definition) is 0. The van der Waals surface area contributed by atoms with Crippen LogP contribution in [0.25, 0.3) is 71.1 Å². The number of pyridine rings is 1. The fourth-order valence-corrected chi connectivity index (χ4v) is 6.01. The molecular formula is C35H22N2. The lowest BCUT2D eigenvalue weighted by molar-refractivity contribution is 1.15. The fraction of sp³-hybridized carbons (Fsp3) is 0. The van der Waals surface area contributed by atoms with E-state index in [-0.39, 0.29) is 0 Å². The summed E-state index contributed by atoms with van der Waals surface area (Å²) in [7, 11) is 0. The zero-order chi connectivity index (χ0) is 24.3. The third kappa shape index (κ3) is 2.90. The van der Waals surface area contributed by atoms with Gasteiger partial charge in [-0.15, -0.1) is 0 Å². The Labute approximate surface area is 214 Å². The number of rotatable bonds is 2. The van der Waals surface area contributed by atoms with Crippen LogP contribution in [0.4, 0.5) is 0 Å². The van der Waals surface area contributed by atoms with Crippen LogP contribution in [0, 0.1) is 0 Å². The van der Waals surface area contributed by atoms with Crippen LogP contribution in [0.1, 0.15) is 0 Å². The molecule has 8 aromatic rings. The van der Waals surface area contributed by atoms with E-state index in [2.05, 4.69) is 126 Å². The van der Waals surface area contributed by atoms with Crippen molar-refractivity contribution < 1.29 is 0 Å². The van der Waals surface area contributed by atoms with Crippen molar-refractivity contribution in [1.82, 2.24) is 9.55 Å². The maximum atomic E-state index is 4.88. The molecule has 0 radical (unpaired) electrons. The van der Waals surface area contributed by atoms with E-state index in [0.717, 1.165) is 16.9 Å². The van der Waals surface area contributed by atoms with Crippen molar-refractivity contribution in [3.63, 3.8) is 0 Å². The molecule has 2 heterocycles. The van der Waals surface area contributed by atoms with Gasteiger partial charge in [-0.05, 0) is 45.1 Å². The van der Waals surface area contributed by atoms with E-state index in [1.807, 2.05) is 12.3 Å². The van der Waals surface area contributed by atoms with E-state index >= 15 is 0 Å². The summed E-state index contributed by atoms with van der Waals surface area (Å²) in [6.07, 6.45) is 2.01. The van der Waals surface area contributed by atoms with Crippen molar-refractivity contribution in [2.24, 2.45) is 0 Å². The Balaban J connectivity index is 1.55. The van der Waals surface area contributed by atoms with Gasteiger partial charge in [0.25, 0.3) is 0 Å². The molecule has 0 amide bonds. The molecule has 0 N–H and O–H groups in total. The molecule has 37 heavy (non-hydrogen) atoms. The first-order valence-corrected chi connectivity index (χ1v) is 12.7. The zero-order valence-electron chi connectivity index (χ0n) is 20.1. The van der Waals surface area contributed by atoms with E-state index in [4.69, 9.17) is 4.98 Å². The number of benzene rings is 6. The number of aromatic nitrogens is 2. The molecule has 0 fully saturated rings. The first-order chi connectivity index (χ1) is 18.4. The number of fused-ring (bicyclic) bond motifs is 10. The molecule has 0 aliphatic heterocycles. The highest BCUT2D eigenvalue weighted by atomic mass is 15.0. The van der Waals surface area contributed by atoms with E-state index in [1.165, 1.54) is 54.1 Å². The molecule has 8 rings (SSSR count). The fourth-order valence-electron chi connectivity index (χ4n) is 6.01. The molecule has 0 bridgehead atoms. The van der Waals surface area contributed by atoms with Crippen molar-refractivity contribution in [3.8, 4) is 16.9 Å². The average Bonchev–Trinajstić information content (AvgIpc) is 3.33. The Morgan fingerprint density at radius 2 is 1.16 bits per heavy atom. The maximum absolute atomic E-state index is 4.88. The minimum Gasteiger partial charge on any atom is -0.307 e. The summed E-state index contributed by atoms with van der Waals surface area (Å²) in [6.45, 7) is 0. The van der Waals surface area contributed by atoms with Gasteiger partial charge in [-0.1, -0.05) is 109 Å². The quantitative estimate of drug-likeness (QED) is 0.230. The van der Waals surface area contributed by atoms with Crippen molar-refractivity contribution in [2.75, 3.05) is 0 Å². The number of hydrogen-bond acceptors (Lipinski definition) is 1. The normalized spacial score (nSPS) is 11.8. The summed E-state index contributed by atoms with van der Waals surface area (Å²) < 4.78 is 2.39. The highest BCUT2D eigenvalue weighted by molar-refractivity contribution is 6.36. The predicted octanol–water partition coefficient (Wildman–Crippen LogP) is 9.31. The molecule has 0 atom stereocenters. The third-order valence-electron chi connectivity index (χ3n) is 7.60. The number of para-hydroxylation sites is 1. The first-order valence-electron chi connectivity index (χ1n) is 12.7. The van der Waals surface area contributed by atoms with Gasteiger partial charge in [0.2, 0.25) is 0 Å². The summed E-state index contributed by atoms with van der Waals surface area (Å²) >= 11 is 0. The van der Waals surface area contributed by atoms with Gasteiger partial charge in [0.1, 0.15) is 0 Å². The molecule has 0 unspecified atom stereocenters. The van der Waals surface area contributed by atoms with Crippen molar-refractivity contribution in [2.45, 2.75) is 0 Å². The predicted molar refractivity (Wildman–Crippen MR) is 157 cm³/mol. The maximum Gasteiger partial charge on any atom is 0.0703 e. The second-order valence-electron chi connectivity index (χ2n) is 9.60. The largest absolute Gasteiger partial charge is 0.307 e. The lowest BCUT2D eigenvalue weighted by Crippen LogP contribution is -1.96. The molecule has 0 aliphatic carbocycles. The van der Waals surface area contributed by atoms with E-state index in [0.29, 0.717) is 0 Å². The summed E-state index contributed by atoms with van der Waals surface area (Å²) in [5.74, 6) is 0. The molecular weight excluding hydrogens is 448 g/mol. The van der Waals surface area contributed by atoms with Gasteiger partial charge in [-0.3, -0.25) is 4.98 Å². The standard InChI is InChI=1S/C35H22N2/c1-2-11-24(12-3-1)31-21-19-25(22-36-31)37-32-17-9-8-16-29(32)34-30-20-18-23-10-4-5-13-26(23)33(30)27-14-6-7-15-28(27)35(34)37/h1-22H. The monoisotopic (exact) mass is 470 g/mol. The van der Waals surface area contributed by atoms with Crippen LogP contribution in [-0.2, 0) is 0 Å². The highest BCUT2D eigenvalue weighted by Gasteiger charge is 2.19. The van der Waals surface area contributed by atoms with Crippen LogP contribution >= 0.6 is 0 Å². The minimum atomic E-state index is 0.979. The minimum absolute atomic E-state index is 0.979. The second-order valence-corrected chi connectivity index (χ2v) is 9.60. The Morgan fingerprint density at radius 3 is 1.97 bits per heavy atom. The van der Waals surface area contributed by atoms with Crippen LogP contribution in [0.2, 0.25) is 0 Å². The van der Waals surface area contributed by atoms with Gasteiger partial charge in [0.15, 0.2) is 0 Å². The van der Waals surface area contributed by atoms with Crippen molar-refractivity contribution in [3.05, 3.63) is 134 Å². The summed E-state index contributed by atoms with van der Waals surface area (Å²) in [6, 6.07) is 45.5. The molecule has 0 spiro atoms. The van der Waals surface area contributed by atoms with Crippen LogP contribution in [-0.4, -0.2) is 9.55 Å². The second kappa shape index (κ2) is 7.78. The summed E-state index contributed by atoms with van der Waals surface area (Å²) in [5, 5.41) is 10.3. The van der Waals surface area contributed by atoms with Gasteiger partial charge in [-0.25, -0.2) is 0 Å². The molecule has 2 nitrogen and oxygen atoms in total. The van der Waals surface area contributed by atoms with Gasteiger partial charge in [0.05, 0.1) is 28.6 Å². The Bertz CT molecular complexity index is 2120. The van der Waals surface area contributed by atoms with Crippen LogP contribution < -0.4 is 0 Å². The molecule has 172 valence electrons. The van der Waals surface area contributed by atoms with Crippen LogP contribution in [0.3, 0.4) is 0 Å². The first kappa shape index (κ1) is 20.3. The lowest BCUT2D eigenvalue weighted by Gasteiger charge is -2.14. The van der Waals surface area contributed by atoms with Gasteiger partial charge < -0.3 is 4.57 Å². The number of nitrogens with zero attached hydrogens (tertiary/aromatic N) is 2. The van der Waals surface area contributed by atoms with E-state index in [1.54, 1.807) is 0 Å². The Kier molecular flexibility index (Phi) is 4.26. The van der Waals surface area contributed by atoms with Crippen LogP contribution in [0.15, 0.2) is 134 Å².